The average Bonchev–Trinajstić information content (AvgIpc) is 2.73. The van der Waals surface area contributed by atoms with Crippen molar-refractivity contribution in [3.05, 3.63) is 46.7 Å². The van der Waals surface area contributed by atoms with Gasteiger partial charge in [-0.15, -0.1) is 0 Å². The number of ketones is 1. The van der Waals surface area contributed by atoms with Gasteiger partial charge < -0.3 is 4.74 Å². The highest BCUT2D eigenvalue weighted by Gasteiger charge is 2.16. The normalized spacial score (nSPS) is 10.6. The molecule has 1 aromatic heterocycles. The Bertz CT molecular complexity index is 593. The van der Waals surface area contributed by atoms with E-state index in [9.17, 15) is 4.79 Å². The number of aryl methyl sites for hydroxylation is 2. The maximum Gasteiger partial charge on any atom is 0.176 e. The minimum absolute atomic E-state index is 0.0265. The number of hydrogen-bond acceptors (Lipinski definition) is 3. The number of Topliss-reactive ketones (excluding diaryl/α,β-unsaturated/α-hetero) is 1. The third-order valence-corrected chi connectivity index (χ3v) is 3.45. The Morgan fingerprint density at radius 2 is 2.05 bits per heavy atom. The summed E-state index contributed by atoms with van der Waals surface area (Å²) in [6.07, 6.45) is 0.983. The maximum absolute atomic E-state index is 12.0. The first-order valence-electron chi connectivity index (χ1n) is 6.51. The highest BCUT2D eigenvalue weighted by atomic mass is 35.5. The highest BCUT2D eigenvalue weighted by molar-refractivity contribution is 6.32. The molecule has 0 N–H and O–H groups in total. The molecule has 5 heteroatoms. The predicted molar refractivity (Wildman–Crippen MR) is 78.2 cm³/mol. The van der Waals surface area contributed by atoms with Crippen LogP contribution in [0.3, 0.4) is 0 Å². The molecule has 0 bridgehead atoms. The van der Waals surface area contributed by atoms with Gasteiger partial charge in [0.25, 0.3) is 0 Å². The average molecular weight is 293 g/mol. The number of rotatable bonds is 6. The van der Waals surface area contributed by atoms with E-state index in [0.717, 1.165) is 17.8 Å². The van der Waals surface area contributed by atoms with Crippen molar-refractivity contribution >= 4 is 17.4 Å². The Balaban J connectivity index is 1.97. The standard InChI is InChI=1S/C15H17ClN2O2/c1-3-13-15(16)14(18(2)17-13)9-11(19)10-20-12-7-5-4-6-8-12/h4-8H,3,9-10H2,1-2H3. The zero-order chi connectivity index (χ0) is 14.5. The number of ether oxygens (including phenoxy) is 1. The largest absolute Gasteiger partial charge is 0.486 e. The second kappa shape index (κ2) is 6.57. The Kier molecular flexibility index (Phi) is 4.79. The van der Waals surface area contributed by atoms with Crippen LogP contribution in [0.15, 0.2) is 30.3 Å². The number of para-hydroxylation sites is 1. The number of aromatic nitrogens is 2. The third-order valence-electron chi connectivity index (χ3n) is 3.01. The van der Waals surface area contributed by atoms with Gasteiger partial charge in [-0.2, -0.15) is 5.10 Å². The van der Waals surface area contributed by atoms with Crippen LogP contribution in [0.4, 0.5) is 0 Å². The zero-order valence-corrected chi connectivity index (χ0v) is 12.4. The Labute approximate surface area is 123 Å². The molecule has 0 spiro atoms. The quantitative estimate of drug-likeness (QED) is 0.822. The first kappa shape index (κ1) is 14.6. The smallest absolute Gasteiger partial charge is 0.176 e. The summed E-state index contributed by atoms with van der Waals surface area (Å²) in [5.74, 6) is 0.660. The maximum atomic E-state index is 12.0. The molecule has 0 aliphatic carbocycles. The molecular formula is C15H17ClN2O2. The summed E-state index contributed by atoms with van der Waals surface area (Å²) in [6.45, 7) is 2.02. The van der Waals surface area contributed by atoms with Gasteiger partial charge in [0.1, 0.15) is 12.4 Å². The number of carbonyl (C=O) groups is 1. The van der Waals surface area contributed by atoms with Crippen LogP contribution in [0.1, 0.15) is 18.3 Å². The van der Waals surface area contributed by atoms with Gasteiger partial charge >= 0.3 is 0 Å². The van der Waals surface area contributed by atoms with Crippen LogP contribution in [0, 0.1) is 0 Å². The van der Waals surface area contributed by atoms with Crippen molar-refractivity contribution in [3.63, 3.8) is 0 Å². The molecular weight excluding hydrogens is 276 g/mol. The van der Waals surface area contributed by atoms with Gasteiger partial charge in [0, 0.05) is 7.05 Å². The van der Waals surface area contributed by atoms with E-state index < -0.39 is 0 Å². The van der Waals surface area contributed by atoms with Crippen molar-refractivity contribution in [2.24, 2.45) is 7.05 Å². The van der Waals surface area contributed by atoms with Crippen molar-refractivity contribution in [2.45, 2.75) is 19.8 Å². The minimum atomic E-state index is -0.0265. The van der Waals surface area contributed by atoms with Gasteiger partial charge in [0.2, 0.25) is 0 Å². The molecule has 2 rings (SSSR count). The third kappa shape index (κ3) is 3.39. The zero-order valence-electron chi connectivity index (χ0n) is 11.6. The van der Waals surface area contributed by atoms with Crippen LogP contribution in [0.5, 0.6) is 5.75 Å². The molecule has 0 aliphatic heterocycles. The van der Waals surface area contributed by atoms with Gasteiger partial charge in [-0.25, -0.2) is 0 Å². The van der Waals surface area contributed by atoms with Crippen LogP contribution < -0.4 is 4.74 Å². The fourth-order valence-corrected chi connectivity index (χ4v) is 2.29. The van der Waals surface area contributed by atoms with Crippen molar-refractivity contribution in [1.29, 1.82) is 0 Å². The lowest BCUT2D eigenvalue weighted by Crippen LogP contribution is -2.16. The van der Waals surface area contributed by atoms with Crippen LogP contribution in [-0.2, 0) is 24.7 Å². The van der Waals surface area contributed by atoms with Crippen LogP contribution in [0.25, 0.3) is 0 Å². The summed E-state index contributed by atoms with van der Waals surface area (Å²) < 4.78 is 7.10. The lowest BCUT2D eigenvalue weighted by molar-refractivity contribution is -0.120. The molecule has 2 aromatic rings. The second-order valence-electron chi connectivity index (χ2n) is 4.50. The fraction of sp³-hybridized carbons (Fsp3) is 0.333. The van der Waals surface area contributed by atoms with Gasteiger partial charge in [-0.05, 0) is 18.6 Å². The van der Waals surface area contributed by atoms with E-state index in [2.05, 4.69) is 5.10 Å². The molecule has 0 aliphatic rings. The van der Waals surface area contributed by atoms with Crippen molar-refractivity contribution in [2.75, 3.05) is 6.61 Å². The summed E-state index contributed by atoms with van der Waals surface area (Å²) in [5.41, 5.74) is 1.56. The predicted octanol–water partition coefficient (Wildman–Crippen LogP) is 2.83. The summed E-state index contributed by atoms with van der Waals surface area (Å²) in [6, 6.07) is 9.27. The number of nitrogens with zero attached hydrogens (tertiary/aromatic N) is 2. The van der Waals surface area contributed by atoms with Crippen molar-refractivity contribution < 1.29 is 9.53 Å². The number of carbonyl (C=O) groups excluding carboxylic acids is 1. The van der Waals surface area contributed by atoms with E-state index in [1.54, 1.807) is 11.7 Å². The topological polar surface area (TPSA) is 44.1 Å². The minimum Gasteiger partial charge on any atom is -0.486 e. The van der Waals surface area contributed by atoms with Crippen LogP contribution in [-0.4, -0.2) is 22.2 Å². The van der Waals surface area contributed by atoms with Crippen molar-refractivity contribution in [3.8, 4) is 5.75 Å². The monoisotopic (exact) mass is 292 g/mol. The number of benzene rings is 1. The first-order chi connectivity index (χ1) is 9.61. The molecule has 4 nitrogen and oxygen atoms in total. The molecule has 0 saturated carbocycles. The SMILES string of the molecule is CCc1nn(C)c(CC(=O)COc2ccccc2)c1Cl. The van der Waals surface area contributed by atoms with Gasteiger partial charge in [0.05, 0.1) is 22.8 Å². The first-order valence-corrected chi connectivity index (χ1v) is 6.89. The molecule has 20 heavy (non-hydrogen) atoms. The van der Waals surface area contributed by atoms with E-state index in [-0.39, 0.29) is 18.8 Å². The number of hydrogen-bond donors (Lipinski definition) is 0. The lowest BCUT2D eigenvalue weighted by Gasteiger charge is -2.05. The number of halogens is 1. The van der Waals surface area contributed by atoms with Gasteiger partial charge in [-0.1, -0.05) is 36.7 Å². The molecule has 0 saturated heterocycles. The molecule has 106 valence electrons. The Morgan fingerprint density at radius 3 is 2.65 bits per heavy atom. The van der Waals surface area contributed by atoms with E-state index in [1.807, 2.05) is 37.3 Å². The Morgan fingerprint density at radius 1 is 1.35 bits per heavy atom. The lowest BCUT2D eigenvalue weighted by atomic mass is 10.2. The molecule has 0 amide bonds. The summed E-state index contributed by atoms with van der Waals surface area (Å²) >= 11 is 6.21. The molecule has 0 unspecified atom stereocenters. The summed E-state index contributed by atoms with van der Waals surface area (Å²) in [5, 5.41) is 4.88. The van der Waals surface area contributed by atoms with E-state index in [0.29, 0.717) is 10.8 Å². The Hall–Kier alpha value is -1.81. The highest BCUT2D eigenvalue weighted by Crippen LogP contribution is 2.21. The second-order valence-corrected chi connectivity index (χ2v) is 4.88. The van der Waals surface area contributed by atoms with Crippen LogP contribution >= 0.6 is 11.6 Å². The van der Waals surface area contributed by atoms with Crippen LogP contribution in [0.2, 0.25) is 5.02 Å². The fourth-order valence-electron chi connectivity index (χ4n) is 1.93. The molecule has 1 aromatic carbocycles. The van der Waals surface area contributed by atoms with E-state index in [1.165, 1.54) is 0 Å². The molecule has 0 fully saturated rings. The molecule has 0 radical (unpaired) electrons. The van der Waals surface area contributed by atoms with E-state index >= 15 is 0 Å². The van der Waals surface area contributed by atoms with Gasteiger partial charge in [0.15, 0.2) is 5.78 Å². The molecule has 1 heterocycles. The van der Waals surface area contributed by atoms with Crippen molar-refractivity contribution in [1.82, 2.24) is 9.78 Å². The van der Waals surface area contributed by atoms with E-state index in [4.69, 9.17) is 16.3 Å². The summed E-state index contributed by atoms with van der Waals surface area (Å²) in [4.78, 5) is 12.0. The molecule has 0 atom stereocenters. The van der Waals surface area contributed by atoms with Gasteiger partial charge in [-0.3, -0.25) is 9.48 Å². The summed E-state index contributed by atoms with van der Waals surface area (Å²) in [7, 11) is 1.80.